The van der Waals surface area contributed by atoms with Gasteiger partial charge in [0.25, 0.3) is 0 Å². The molecule has 1 fully saturated rings. The third-order valence-electron chi connectivity index (χ3n) is 7.10. The van der Waals surface area contributed by atoms with E-state index in [-0.39, 0.29) is 35.7 Å². The highest BCUT2D eigenvalue weighted by atomic mass is 32.2. The molecule has 9 heteroatoms. The number of carbonyl (C=O) groups is 2. The molecule has 4 rings (SSSR count). The zero-order valence-corrected chi connectivity index (χ0v) is 24.5. The van der Waals surface area contributed by atoms with Crippen LogP contribution in [-0.2, 0) is 32.6 Å². The molecule has 0 aliphatic heterocycles. The number of amides is 2. The number of aryl methyl sites for hydroxylation is 1. The maximum absolute atomic E-state index is 13.9. The first-order valence-electron chi connectivity index (χ1n) is 14.2. The van der Waals surface area contributed by atoms with Crippen molar-refractivity contribution in [1.29, 1.82) is 0 Å². The molecule has 218 valence electrons. The lowest BCUT2D eigenvalue weighted by molar-refractivity contribution is -0.141. The number of hydrogen-bond acceptors (Lipinski definition) is 5. The Kier molecular flexibility index (Phi) is 10.5. The number of nitrogens with one attached hydrogen (secondary N) is 2. The minimum atomic E-state index is -3.54. The molecular formula is C32H39N3O5S. The third kappa shape index (κ3) is 8.65. The second-order valence-corrected chi connectivity index (χ2v) is 12.1. The highest BCUT2D eigenvalue weighted by Crippen LogP contribution is 2.26. The number of carbonyl (C=O) groups excluding carboxylic acids is 2. The van der Waals surface area contributed by atoms with Crippen molar-refractivity contribution in [2.45, 2.75) is 69.0 Å². The van der Waals surface area contributed by atoms with Crippen LogP contribution in [0.1, 0.15) is 61.8 Å². The van der Waals surface area contributed by atoms with Crippen LogP contribution in [0.4, 0.5) is 0 Å². The zero-order valence-electron chi connectivity index (χ0n) is 23.7. The molecule has 0 aromatic heterocycles. The fourth-order valence-electron chi connectivity index (χ4n) is 4.56. The van der Waals surface area contributed by atoms with Crippen molar-refractivity contribution in [3.63, 3.8) is 0 Å². The Morgan fingerprint density at radius 2 is 1.61 bits per heavy atom. The van der Waals surface area contributed by atoms with Crippen LogP contribution in [0, 0.1) is 0 Å². The van der Waals surface area contributed by atoms with E-state index >= 15 is 0 Å². The van der Waals surface area contributed by atoms with E-state index in [9.17, 15) is 18.0 Å². The summed E-state index contributed by atoms with van der Waals surface area (Å²) in [5.74, 6) is 0.318. The second kappa shape index (κ2) is 14.3. The van der Waals surface area contributed by atoms with Gasteiger partial charge in [-0.25, -0.2) is 13.1 Å². The van der Waals surface area contributed by atoms with Crippen molar-refractivity contribution < 1.29 is 22.7 Å². The molecule has 3 aromatic rings. The normalized spacial score (nSPS) is 13.8. The summed E-state index contributed by atoms with van der Waals surface area (Å²) in [5, 5.41) is 3.02. The monoisotopic (exact) mass is 577 g/mol. The van der Waals surface area contributed by atoms with E-state index in [0.29, 0.717) is 18.7 Å². The fraction of sp³-hybridized carbons (Fsp3) is 0.375. The van der Waals surface area contributed by atoms with Gasteiger partial charge in [0.2, 0.25) is 21.8 Å². The summed E-state index contributed by atoms with van der Waals surface area (Å²) < 4.78 is 33.0. The van der Waals surface area contributed by atoms with E-state index < -0.39 is 16.1 Å². The van der Waals surface area contributed by atoms with Crippen LogP contribution in [0.2, 0.25) is 0 Å². The van der Waals surface area contributed by atoms with Gasteiger partial charge < -0.3 is 15.0 Å². The molecule has 3 aromatic carbocycles. The van der Waals surface area contributed by atoms with E-state index in [1.165, 1.54) is 0 Å². The van der Waals surface area contributed by atoms with Crippen LogP contribution < -0.4 is 14.8 Å². The maximum Gasteiger partial charge on any atom is 0.247 e. The molecule has 8 nitrogen and oxygen atoms in total. The zero-order chi connectivity index (χ0) is 29.2. The van der Waals surface area contributed by atoms with Crippen molar-refractivity contribution in [3.8, 4) is 5.75 Å². The summed E-state index contributed by atoms with van der Waals surface area (Å²) in [6, 6.07) is 22.7. The molecule has 0 heterocycles. The summed E-state index contributed by atoms with van der Waals surface area (Å²) in [6.07, 6.45) is 4.10. The van der Waals surface area contributed by atoms with Crippen molar-refractivity contribution in [2.75, 3.05) is 13.7 Å². The van der Waals surface area contributed by atoms with Crippen LogP contribution in [0.25, 0.3) is 0 Å². The van der Waals surface area contributed by atoms with E-state index in [1.54, 1.807) is 36.3 Å². The van der Waals surface area contributed by atoms with Crippen LogP contribution in [0.5, 0.6) is 5.75 Å². The van der Waals surface area contributed by atoms with Gasteiger partial charge in [-0.2, -0.15) is 0 Å². The van der Waals surface area contributed by atoms with Crippen molar-refractivity contribution in [2.24, 2.45) is 0 Å². The molecule has 1 aliphatic carbocycles. The number of methoxy groups -OCH3 is 1. The van der Waals surface area contributed by atoms with Gasteiger partial charge in [0.05, 0.1) is 12.0 Å². The van der Waals surface area contributed by atoms with E-state index in [2.05, 4.69) is 17.0 Å². The van der Waals surface area contributed by atoms with Gasteiger partial charge in [-0.05, 0) is 66.6 Å². The Morgan fingerprint density at radius 1 is 0.951 bits per heavy atom. The van der Waals surface area contributed by atoms with Crippen LogP contribution >= 0.6 is 0 Å². The lowest BCUT2D eigenvalue weighted by Crippen LogP contribution is -2.43. The predicted octanol–water partition coefficient (Wildman–Crippen LogP) is 4.75. The molecule has 2 amide bonds. The molecule has 1 aliphatic rings. The number of ether oxygens (including phenoxy) is 1. The van der Waals surface area contributed by atoms with Gasteiger partial charge >= 0.3 is 0 Å². The van der Waals surface area contributed by atoms with Gasteiger partial charge in [0.1, 0.15) is 11.8 Å². The van der Waals surface area contributed by atoms with Gasteiger partial charge in [-0.15, -0.1) is 0 Å². The standard InChI is InChI=1S/C32H39N3O5S/c1-3-4-22-33-32(37)31(26-8-6-5-7-9-26)35(23-25-10-17-28(40-2)18-11-25)30(36)21-14-24-12-19-29(20-13-24)41(38,39)34-27-15-16-27/h5-13,17-20,27,31,34H,3-4,14-16,21-23H2,1-2H3,(H,33,37)/t31-/m1/s1. The number of unbranched alkanes of at least 4 members (excludes halogenated alkanes) is 1. The molecule has 2 N–H and O–H groups in total. The Labute approximate surface area is 243 Å². The number of rotatable bonds is 15. The summed E-state index contributed by atoms with van der Waals surface area (Å²) in [6.45, 7) is 2.84. The average molecular weight is 578 g/mol. The van der Waals surface area contributed by atoms with Crippen LogP contribution in [0.3, 0.4) is 0 Å². The predicted molar refractivity (Wildman–Crippen MR) is 159 cm³/mol. The topological polar surface area (TPSA) is 105 Å². The van der Waals surface area contributed by atoms with E-state index in [1.807, 2.05) is 54.6 Å². The van der Waals surface area contributed by atoms with E-state index in [0.717, 1.165) is 42.4 Å². The number of hydrogen-bond donors (Lipinski definition) is 2. The van der Waals surface area contributed by atoms with Gasteiger partial charge in [0.15, 0.2) is 0 Å². The first-order chi connectivity index (χ1) is 19.8. The molecule has 41 heavy (non-hydrogen) atoms. The van der Waals surface area contributed by atoms with E-state index in [4.69, 9.17) is 4.74 Å². The van der Waals surface area contributed by atoms with Crippen LogP contribution in [-0.4, -0.2) is 44.8 Å². The highest BCUT2D eigenvalue weighted by Gasteiger charge is 2.31. The Hall–Kier alpha value is -3.69. The summed E-state index contributed by atoms with van der Waals surface area (Å²) in [4.78, 5) is 29.3. The SMILES string of the molecule is CCCCNC(=O)[C@@H](c1ccccc1)N(Cc1ccc(OC)cc1)C(=O)CCc1ccc(S(=O)(=O)NC2CC2)cc1. The highest BCUT2D eigenvalue weighted by molar-refractivity contribution is 7.89. The maximum atomic E-state index is 13.9. The minimum absolute atomic E-state index is 0.0331. The van der Waals surface area contributed by atoms with Crippen molar-refractivity contribution in [1.82, 2.24) is 14.9 Å². The number of sulfonamides is 1. The minimum Gasteiger partial charge on any atom is -0.497 e. The van der Waals surface area contributed by atoms with Gasteiger partial charge in [-0.3, -0.25) is 9.59 Å². The summed E-state index contributed by atoms with van der Waals surface area (Å²) in [7, 11) is -1.94. The molecule has 0 radical (unpaired) electrons. The number of nitrogens with zero attached hydrogens (tertiary/aromatic N) is 1. The Bertz CT molecular complexity index is 1390. The largest absolute Gasteiger partial charge is 0.497 e. The van der Waals surface area contributed by atoms with Crippen molar-refractivity contribution in [3.05, 3.63) is 95.6 Å². The second-order valence-electron chi connectivity index (χ2n) is 10.4. The molecule has 0 unspecified atom stereocenters. The fourth-order valence-corrected chi connectivity index (χ4v) is 5.87. The van der Waals surface area contributed by atoms with Gasteiger partial charge in [-0.1, -0.05) is 67.9 Å². The first-order valence-corrected chi connectivity index (χ1v) is 15.7. The molecule has 0 bridgehead atoms. The first kappa shape index (κ1) is 30.3. The average Bonchev–Trinajstić information content (AvgIpc) is 3.80. The molecule has 0 saturated heterocycles. The molecule has 1 atom stereocenters. The summed E-state index contributed by atoms with van der Waals surface area (Å²) in [5.41, 5.74) is 2.46. The summed E-state index contributed by atoms with van der Waals surface area (Å²) >= 11 is 0. The Balaban J connectivity index is 1.55. The smallest absolute Gasteiger partial charge is 0.247 e. The molecule has 0 spiro atoms. The van der Waals surface area contributed by atoms with Gasteiger partial charge in [0, 0.05) is 25.6 Å². The third-order valence-corrected chi connectivity index (χ3v) is 8.63. The Morgan fingerprint density at radius 3 is 2.22 bits per heavy atom. The van der Waals surface area contributed by atoms with Crippen molar-refractivity contribution >= 4 is 21.8 Å². The molecule has 1 saturated carbocycles. The quantitative estimate of drug-likeness (QED) is 0.254. The molecular weight excluding hydrogens is 538 g/mol. The lowest BCUT2D eigenvalue weighted by Gasteiger charge is -2.32. The number of benzene rings is 3. The van der Waals surface area contributed by atoms with Crippen LogP contribution in [0.15, 0.2) is 83.8 Å². The lowest BCUT2D eigenvalue weighted by atomic mass is 10.0.